The van der Waals surface area contributed by atoms with Crippen molar-refractivity contribution in [2.45, 2.75) is 71.1 Å². The topological polar surface area (TPSA) is 36.7 Å². The van der Waals surface area contributed by atoms with E-state index in [9.17, 15) is 0 Å². The molecule has 1 aromatic rings. The first-order valence-electron chi connectivity index (χ1n) is 7.66. The normalized spacial score (nSPS) is 12.1. The summed E-state index contributed by atoms with van der Waals surface area (Å²) in [5, 5.41) is 8.98. The van der Waals surface area contributed by atoms with Crippen LogP contribution in [-0.2, 0) is 0 Å². The van der Waals surface area contributed by atoms with Gasteiger partial charge in [-0.3, -0.25) is 4.98 Å². The summed E-state index contributed by atoms with van der Waals surface area (Å²) >= 11 is 0. The third kappa shape index (κ3) is 5.87. The molecular weight excluding hydrogens is 232 g/mol. The lowest BCUT2D eigenvalue weighted by Gasteiger charge is -2.17. The van der Waals surface area contributed by atoms with Crippen LogP contribution in [0.4, 0.5) is 0 Å². The summed E-state index contributed by atoms with van der Waals surface area (Å²) in [5.41, 5.74) is 1.94. The second-order valence-electron chi connectivity index (χ2n) is 5.31. The van der Waals surface area contributed by atoms with Gasteiger partial charge in [-0.2, -0.15) is 5.26 Å². The van der Waals surface area contributed by atoms with Gasteiger partial charge in [-0.1, -0.05) is 52.4 Å². The lowest BCUT2D eigenvalue weighted by atomic mass is 9.89. The highest BCUT2D eigenvalue weighted by atomic mass is 14.6. The Hall–Kier alpha value is -1.36. The van der Waals surface area contributed by atoms with Crippen LogP contribution >= 0.6 is 0 Å². The molecule has 1 aromatic heterocycles. The highest BCUT2D eigenvalue weighted by molar-refractivity contribution is 5.30. The lowest BCUT2D eigenvalue weighted by Crippen LogP contribution is -2.01. The van der Waals surface area contributed by atoms with Crippen molar-refractivity contribution in [1.82, 2.24) is 4.98 Å². The van der Waals surface area contributed by atoms with Crippen LogP contribution in [0.2, 0.25) is 0 Å². The molecule has 0 saturated heterocycles. The average Bonchev–Trinajstić information content (AvgIpc) is 2.46. The van der Waals surface area contributed by atoms with E-state index in [0.29, 0.717) is 11.5 Å². The summed E-state index contributed by atoms with van der Waals surface area (Å²) in [4.78, 5) is 4.21. The molecule has 0 aliphatic heterocycles. The second kappa shape index (κ2) is 9.55. The molecule has 0 aliphatic rings. The van der Waals surface area contributed by atoms with Crippen molar-refractivity contribution in [2.75, 3.05) is 0 Å². The van der Waals surface area contributed by atoms with E-state index in [2.05, 4.69) is 24.9 Å². The van der Waals surface area contributed by atoms with Crippen LogP contribution in [0.15, 0.2) is 18.5 Å². The Morgan fingerprint density at radius 2 is 1.79 bits per heavy atom. The van der Waals surface area contributed by atoms with Crippen LogP contribution in [0, 0.1) is 11.3 Å². The summed E-state index contributed by atoms with van der Waals surface area (Å²) in [7, 11) is 0. The number of pyridine rings is 1. The highest BCUT2D eigenvalue weighted by Crippen LogP contribution is 2.28. The van der Waals surface area contributed by atoms with E-state index in [0.717, 1.165) is 0 Å². The molecule has 2 nitrogen and oxygen atoms in total. The third-order valence-corrected chi connectivity index (χ3v) is 3.67. The molecule has 104 valence electrons. The zero-order valence-electron chi connectivity index (χ0n) is 12.4. The predicted octanol–water partition coefficient (Wildman–Crippen LogP) is 5.20. The van der Waals surface area contributed by atoms with Crippen molar-refractivity contribution in [3.63, 3.8) is 0 Å². The fourth-order valence-corrected chi connectivity index (χ4v) is 2.49. The monoisotopic (exact) mass is 258 g/mol. The number of aromatic nitrogens is 1. The molecule has 1 rings (SSSR count). The fraction of sp³-hybridized carbons (Fsp3) is 0.647. The van der Waals surface area contributed by atoms with Crippen LogP contribution in [0.3, 0.4) is 0 Å². The molecule has 0 aromatic carbocycles. The Labute approximate surface area is 117 Å². The number of nitriles is 1. The molecule has 19 heavy (non-hydrogen) atoms. The molecule has 1 heterocycles. The Kier molecular flexibility index (Phi) is 7.89. The first-order chi connectivity index (χ1) is 9.31. The third-order valence-electron chi connectivity index (χ3n) is 3.67. The smallest absolute Gasteiger partial charge is 0.101 e. The Bertz CT molecular complexity index is 392. The second-order valence-corrected chi connectivity index (χ2v) is 5.31. The van der Waals surface area contributed by atoms with Crippen molar-refractivity contribution in [3.8, 4) is 6.07 Å². The van der Waals surface area contributed by atoms with E-state index in [1.165, 1.54) is 56.9 Å². The summed E-state index contributed by atoms with van der Waals surface area (Å²) in [6.07, 6.45) is 13.8. The molecule has 0 fully saturated rings. The summed E-state index contributed by atoms with van der Waals surface area (Å²) in [5.74, 6) is 0.581. The summed E-state index contributed by atoms with van der Waals surface area (Å²) in [6, 6.07) is 4.21. The minimum atomic E-state index is 0.581. The maximum Gasteiger partial charge on any atom is 0.101 e. The first-order valence-corrected chi connectivity index (χ1v) is 7.66. The fourth-order valence-electron chi connectivity index (χ4n) is 2.49. The molecule has 1 atom stereocenters. The van der Waals surface area contributed by atoms with E-state index in [4.69, 9.17) is 5.26 Å². The average molecular weight is 258 g/mol. The van der Waals surface area contributed by atoms with E-state index < -0.39 is 0 Å². The quantitative estimate of drug-likeness (QED) is 0.571. The number of hydrogen-bond acceptors (Lipinski definition) is 2. The highest BCUT2D eigenvalue weighted by Gasteiger charge is 2.12. The summed E-state index contributed by atoms with van der Waals surface area (Å²) < 4.78 is 0. The zero-order valence-corrected chi connectivity index (χ0v) is 12.4. The predicted molar refractivity (Wildman–Crippen MR) is 80.0 cm³/mol. The van der Waals surface area contributed by atoms with E-state index >= 15 is 0 Å². The Balaban J connectivity index is 2.63. The van der Waals surface area contributed by atoms with Gasteiger partial charge in [-0.25, -0.2) is 0 Å². The van der Waals surface area contributed by atoms with Gasteiger partial charge in [-0.15, -0.1) is 0 Å². The maximum atomic E-state index is 8.98. The number of rotatable bonds is 9. The molecule has 1 unspecified atom stereocenters. The number of nitrogens with zero attached hydrogens (tertiary/aromatic N) is 2. The SMILES string of the molecule is CCCCCCC(CCCC)c1cncc(C#N)c1. The first kappa shape index (κ1) is 15.7. The van der Waals surface area contributed by atoms with Gasteiger partial charge >= 0.3 is 0 Å². The van der Waals surface area contributed by atoms with Gasteiger partial charge in [0.25, 0.3) is 0 Å². The Morgan fingerprint density at radius 1 is 1.05 bits per heavy atom. The zero-order chi connectivity index (χ0) is 13.9. The van der Waals surface area contributed by atoms with Crippen molar-refractivity contribution >= 4 is 0 Å². The minimum absolute atomic E-state index is 0.581. The number of unbranched alkanes of at least 4 members (excludes halogenated alkanes) is 4. The molecule has 0 amide bonds. The molecule has 2 heteroatoms. The van der Waals surface area contributed by atoms with Gasteiger partial charge < -0.3 is 0 Å². The molecule has 0 bridgehead atoms. The largest absolute Gasteiger partial charge is 0.263 e. The van der Waals surface area contributed by atoms with E-state index in [1.807, 2.05) is 12.3 Å². The minimum Gasteiger partial charge on any atom is -0.263 e. The molecule has 0 spiro atoms. The molecule has 0 saturated carbocycles. The Morgan fingerprint density at radius 3 is 2.47 bits per heavy atom. The lowest BCUT2D eigenvalue weighted by molar-refractivity contribution is 0.508. The van der Waals surface area contributed by atoms with Crippen LogP contribution in [0.25, 0.3) is 0 Å². The van der Waals surface area contributed by atoms with Gasteiger partial charge in [-0.05, 0) is 30.4 Å². The van der Waals surface area contributed by atoms with Gasteiger partial charge in [0.05, 0.1) is 5.56 Å². The van der Waals surface area contributed by atoms with Gasteiger partial charge in [0, 0.05) is 12.4 Å². The van der Waals surface area contributed by atoms with Crippen LogP contribution in [0.5, 0.6) is 0 Å². The van der Waals surface area contributed by atoms with Crippen molar-refractivity contribution < 1.29 is 0 Å². The summed E-state index contributed by atoms with van der Waals surface area (Å²) in [6.45, 7) is 4.48. The molecule has 0 N–H and O–H groups in total. The standard InChI is InChI=1S/C17H26N2/c1-3-5-7-8-10-16(9-6-4-2)17-11-15(12-18)13-19-14-17/h11,13-14,16H,3-10H2,1-2H3. The van der Waals surface area contributed by atoms with Crippen molar-refractivity contribution in [2.24, 2.45) is 0 Å². The van der Waals surface area contributed by atoms with Gasteiger partial charge in [0.1, 0.15) is 6.07 Å². The van der Waals surface area contributed by atoms with E-state index in [-0.39, 0.29) is 0 Å². The van der Waals surface area contributed by atoms with E-state index in [1.54, 1.807) is 6.20 Å². The molecular formula is C17H26N2. The van der Waals surface area contributed by atoms with Crippen LogP contribution in [-0.4, -0.2) is 4.98 Å². The van der Waals surface area contributed by atoms with Gasteiger partial charge in [0.15, 0.2) is 0 Å². The molecule has 0 aliphatic carbocycles. The number of hydrogen-bond donors (Lipinski definition) is 0. The van der Waals surface area contributed by atoms with Crippen molar-refractivity contribution in [1.29, 1.82) is 5.26 Å². The van der Waals surface area contributed by atoms with Crippen molar-refractivity contribution in [3.05, 3.63) is 29.6 Å². The van der Waals surface area contributed by atoms with Crippen LogP contribution < -0.4 is 0 Å². The van der Waals surface area contributed by atoms with Gasteiger partial charge in [0.2, 0.25) is 0 Å². The van der Waals surface area contributed by atoms with Crippen LogP contribution in [0.1, 0.15) is 82.3 Å². The molecule has 0 radical (unpaired) electrons. The maximum absolute atomic E-state index is 8.98.